The highest BCUT2D eigenvalue weighted by molar-refractivity contribution is 7.11. The van der Waals surface area contributed by atoms with E-state index in [4.69, 9.17) is 0 Å². The van der Waals surface area contributed by atoms with E-state index in [1.807, 2.05) is 11.3 Å². The van der Waals surface area contributed by atoms with Gasteiger partial charge in [-0.05, 0) is 13.3 Å². The first-order valence-corrected chi connectivity index (χ1v) is 5.63. The SMILES string of the molecule is Cc1nc2c(s1)C(C)(C)CC2(C)C. The van der Waals surface area contributed by atoms with E-state index in [1.165, 1.54) is 22.0 Å². The van der Waals surface area contributed by atoms with E-state index >= 15 is 0 Å². The van der Waals surface area contributed by atoms with Gasteiger partial charge in [0.05, 0.1) is 10.7 Å². The maximum Gasteiger partial charge on any atom is 0.0900 e. The molecule has 2 heteroatoms. The maximum absolute atomic E-state index is 4.66. The van der Waals surface area contributed by atoms with Gasteiger partial charge in [-0.1, -0.05) is 27.7 Å². The number of aryl methyl sites for hydroxylation is 1. The number of nitrogens with zero attached hydrogens (tertiary/aromatic N) is 1. The monoisotopic (exact) mass is 195 g/mol. The molecule has 0 aromatic carbocycles. The summed E-state index contributed by atoms with van der Waals surface area (Å²) in [5, 5.41) is 1.21. The van der Waals surface area contributed by atoms with E-state index in [2.05, 4.69) is 39.6 Å². The molecule has 0 saturated heterocycles. The summed E-state index contributed by atoms with van der Waals surface area (Å²) < 4.78 is 0. The van der Waals surface area contributed by atoms with Crippen molar-refractivity contribution >= 4 is 11.3 Å². The molecule has 2 rings (SSSR count). The average Bonchev–Trinajstić information content (AvgIpc) is 2.34. The third-order valence-corrected chi connectivity index (χ3v) is 4.21. The molecule has 0 aliphatic heterocycles. The lowest BCUT2D eigenvalue weighted by molar-refractivity contribution is 0.400. The highest BCUT2D eigenvalue weighted by Crippen LogP contribution is 2.51. The van der Waals surface area contributed by atoms with E-state index in [1.54, 1.807) is 0 Å². The van der Waals surface area contributed by atoms with Crippen molar-refractivity contribution in [3.05, 3.63) is 15.6 Å². The lowest BCUT2D eigenvalue weighted by Gasteiger charge is -2.22. The fraction of sp³-hybridized carbons (Fsp3) is 0.727. The minimum Gasteiger partial charge on any atom is -0.246 e. The first kappa shape index (κ1) is 9.20. The van der Waals surface area contributed by atoms with Crippen molar-refractivity contribution in [2.75, 3.05) is 0 Å². The van der Waals surface area contributed by atoms with E-state index in [-0.39, 0.29) is 5.41 Å². The van der Waals surface area contributed by atoms with Crippen molar-refractivity contribution in [2.24, 2.45) is 0 Å². The van der Waals surface area contributed by atoms with E-state index in [0.717, 1.165) is 0 Å². The summed E-state index contributed by atoms with van der Waals surface area (Å²) in [5.41, 5.74) is 1.97. The third kappa shape index (κ3) is 1.23. The van der Waals surface area contributed by atoms with Crippen LogP contribution in [0.4, 0.5) is 0 Å². The summed E-state index contributed by atoms with van der Waals surface area (Å²) in [6, 6.07) is 0. The van der Waals surface area contributed by atoms with Crippen molar-refractivity contribution in [3.63, 3.8) is 0 Å². The molecule has 1 nitrogen and oxygen atoms in total. The van der Waals surface area contributed by atoms with Crippen molar-refractivity contribution in [1.82, 2.24) is 4.98 Å². The summed E-state index contributed by atoms with van der Waals surface area (Å²) in [4.78, 5) is 6.17. The van der Waals surface area contributed by atoms with Crippen molar-refractivity contribution in [3.8, 4) is 0 Å². The third-order valence-electron chi connectivity index (χ3n) is 2.87. The zero-order valence-corrected chi connectivity index (χ0v) is 9.88. The van der Waals surface area contributed by atoms with Crippen LogP contribution in [-0.4, -0.2) is 4.98 Å². The second kappa shape index (κ2) is 2.35. The Kier molecular flexibility index (Phi) is 1.66. The zero-order chi connectivity index (χ0) is 9.85. The van der Waals surface area contributed by atoms with Crippen LogP contribution in [0.3, 0.4) is 0 Å². The summed E-state index contributed by atoms with van der Waals surface area (Å²) in [5.74, 6) is 0. The van der Waals surface area contributed by atoms with Crippen LogP contribution >= 0.6 is 11.3 Å². The topological polar surface area (TPSA) is 12.9 Å². The van der Waals surface area contributed by atoms with Crippen LogP contribution in [0.15, 0.2) is 0 Å². The molecule has 13 heavy (non-hydrogen) atoms. The Morgan fingerprint density at radius 2 is 1.77 bits per heavy atom. The molecule has 1 aliphatic carbocycles. The van der Waals surface area contributed by atoms with Gasteiger partial charge < -0.3 is 0 Å². The molecule has 0 spiro atoms. The molecule has 0 radical (unpaired) electrons. The van der Waals surface area contributed by atoms with E-state index in [9.17, 15) is 0 Å². The minimum absolute atomic E-state index is 0.281. The second-order valence-electron chi connectivity index (χ2n) is 5.36. The van der Waals surface area contributed by atoms with Crippen LogP contribution < -0.4 is 0 Å². The van der Waals surface area contributed by atoms with Gasteiger partial charge in [0.2, 0.25) is 0 Å². The number of hydrogen-bond donors (Lipinski definition) is 0. The van der Waals surface area contributed by atoms with Crippen molar-refractivity contribution < 1.29 is 0 Å². The summed E-state index contributed by atoms with van der Waals surface area (Å²) in [7, 11) is 0. The van der Waals surface area contributed by atoms with Gasteiger partial charge in [0.25, 0.3) is 0 Å². The van der Waals surface area contributed by atoms with Crippen LogP contribution in [0.25, 0.3) is 0 Å². The lowest BCUT2D eigenvalue weighted by atomic mass is 9.83. The Labute approximate surface area is 84.2 Å². The fourth-order valence-corrected chi connectivity index (χ4v) is 3.81. The first-order chi connectivity index (χ1) is 5.83. The predicted octanol–water partition coefficient (Wildman–Crippen LogP) is 3.41. The minimum atomic E-state index is 0.281. The number of rotatable bonds is 0. The largest absolute Gasteiger partial charge is 0.246 e. The molecule has 1 aromatic heterocycles. The molecule has 1 heterocycles. The summed E-state index contributed by atoms with van der Waals surface area (Å²) in [6.07, 6.45) is 1.23. The van der Waals surface area contributed by atoms with Gasteiger partial charge in [0.15, 0.2) is 0 Å². The van der Waals surface area contributed by atoms with Gasteiger partial charge >= 0.3 is 0 Å². The Balaban J connectivity index is 2.63. The van der Waals surface area contributed by atoms with Crippen molar-refractivity contribution in [1.29, 1.82) is 0 Å². The van der Waals surface area contributed by atoms with Gasteiger partial charge in [0, 0.05) is 15.7 Å². The van der Waals surface area contributed by atoms with E-state index in [0.29, 0.717) is 5.41 Å². The highest BCUT2D eigenvalue weighted by Gasteiger charge is 2.44. The molecular weight excluding hydrogens is 178 g/mol. The summed E-state index contributed by atoms with van der Waals surface area (Å²) >= 11 is 1.87. The molecule has 0 unspecified atom stereocenters. The van der Waals surface area contributed by atoms with Gasteiger partial charge in [-0.25, -0.2) is 4.98 Å². The van der Waals surface area contributed by atoms with Gasteiger partial charge in [0.1, 0.15) is 0 Å². The number of fused-ring (bicyclic) bond motifs is 1. The Hall–Kier alpha value is -0.370. The van der Waals surface area contributed by atoms with Crippen LogP contribution in [0, 0.1) is 6.92 Å². The second-order valence-corrected chi connectivity index (χ2v) is 6.56. The Morgan fingerprint density at radius 3 is 2.31 bits per heavy atom. The normalized spacial score (nSPS) is 23.2. The molecule has 0 amide bonds. The number of aromatic nitrogens is 1. The predicted molar refractivity (Wildman–Crippen MR) is 57.5 cm³/mol. The van der Waals surface area contributed by atoms with E-state index < -0.39 is 0 Å². The maximum atomic E-state index is 4.66. The van der Waals surface area contributed by atoms with Crippen molar-refractivity contribution in [2.45, 2.75) is 51.9 Å². The highest BCUT2D eigenvalue weighted by atomic mass is 32.1. The average molecular weight is 195 g/mol. The number of thiazole rings is 1. The van der Waals surface area contributed by atoms with Gasteiger partial charge in [-0.2, -0.15) is 0 Å². The van der Waals surface area contributed by atoms with Gasteiger partial charge in [-0.15, -0.1) is 11.3 Å². The molecule has 0 saturated carbocycles. The molecule has 0 N–H and O–H groups in total. The van der Waals surface area contributed by atoms with Crippen LogP contribution in [0.1, 0.15) is 49.7 Å². The zero-order valence-electron chi connectivity index (χ0n) is 9.06. The van der Waals surface area contributed by atoms with Crippen LogP contribution in [0.2, 0.25) is 0 Å². The van der Waals surface area contributed by atoms with Crippen LogP contribution in [-0.2, 0) is 10.8 Å². The lowest BCUT2D eigenvalue weighted by Crippen LogP contribution is -2.18. The molecular formula is C11H17NS. The molecule has 0 atom stereocenters. The molecule has 72 valence electrons. The smallest absolute Gasteiger partial charge is 0.0900 e. The molecule has 0 fully saturated rings. The molecule has 1 aromatic rings. The Bertz CT molecular complexity index is 315. The van der Waals surface area contributed by atoms with Crippen LogP contribution in [0.5, 0.6) is 0 Å². The quantitative estimate of drug-likeness (QED) is 0.618. The van der Waals surface area contributed by atoms with Gasteiger partial charge in [-0.3, -0.25) is 0 Å². The fourth-order valence-electron chi connectivity index (χ4n) is 2.61. The summed E-state index contributed by atoms with van der Waals surface area (Å²) in [6.45, 7) is 11.4. The number of hydrogen-bond acceptors (Lipinski definition) is 2. The Morgan fingerprint density at radius 1 is 1.15 bits per heavy atom. The molecule has 1 aliphatic rings. The molecule has 0 bridgehead atoms. The first-order valence-electron chi connectivity index (χ1n) is 4.81. The standard InChI is InChI=1S/C11H17NS/c1-7-12-8-9(13-7)11(4,5)6-10(8,2)3/h6H2,1-5H3.